The van der Waals surface area contributed by atoms with Gasteiger partial charge in [-0.1, -0.05) is 0 Å². The third-order valence-corrected chi connectivity index (χ3v) is 4.18. The first kappa shape index (κ1) is 16.4. The Morgan fingerprint density at radius 3 is 2.96 bits per heavy atom. The molecule has 1 aliphatic rings. The summed E-state index contributed by atoms with van der Waals surface area (Å²) in [6.45, 7) is 1.86. The van der Waals surface area contributed by atoms with E-state index in [9.17, 15) is 13.6 Å². The number of anilines is 1. The van der Waals surface area contributed by atoms with Gasteiger partial charge in [0.2, 0.25) is 5.91 Å². The van der Waals surface area contributed by atoms with Gasteiger partial charge in [-0.25, -0.2) is 8.78 Å². The maximum atomic E-state index is 13.3. The van der Waals surface area contributed by atoms with Gasteiger partial charge in [0.25, 0.3) is 0 Å². The van der Waals surface area contributed by atoms with Crippen LogP contribution in [-0.2, 0) is 11.3 Å². The standard InChI is InChI=1S/C17H20F2N4O/c18-15-5-4-13(11-16(15)19)21-14-3-1-8-22(12-14)17(24)6-10-23-9-2-7-20-23/h2,4-5,7,9,11,14,21H,1,3,6,8,10,12H2. The Kier molecular flexibility index (Phi) is 5.08. The number of nitrogens with one attached hydrogen (secondary N) is 1. The Bertz CT molecular complexity index is 690. The minimum absolute atomic E-state index is 0.0391. The maximum Gasteiger partial charge on any atom is 0.224 e. The van der Waals surface area contributed by atoms with E-state index in [0.717, 1.165) is 31.5 Å². The zero-order valence-electron chi connectivity index (χ0n) is 13.3. The summed E-state index contributed by atoms with van der Waals surface area (Å²) in [5.41, 5.74) is 0.532. The molecule has 128 valence electrons. The lowest BCUT2D eigenvalue weighted by Gasteiger charge is -2.33. The summed E-state index contributed by atoms with van der Waals surface area (Å²) >= 11 is 0. The van der Waals surface area contributed by atoms with Gasteiger partial charge in [0, 0.05) is 56.2 Å². The van der Waals surface area contributed by atoms with Crippen molar-refractivity contribution in [3.05, 3.63) is 48.3 Å². The molecule has 1 atom stereocenters. The van der Waals surface area contributed by atoms with Crippen molar-refractivity contribution >= 4 is 11.6 Å². The van der Waals surface area contributed by atoms with Gasteiger partial charge in [0.15, 0.2) is 11.6 Å². The van der Waals surface area contributed by atoms with Crippen LogP contribution in [0.15, 0.2) is 36.7 Å². The largest absolute Gasteiger partial charge is 0.380 e. The fraction of sp³-hybridized carbons (Fsp3) is 0.412. The Balaban J connectivity index is 1.53. The number of nitrogens with zero attached hydrogens (tertiary/aromatic N) is 3. The van der Waals surface area contributed by atoms with E-state index < -0.39 is 11.6 Å². The molecule has 0 aliphatic carbocycles. The van der Waals surface area contributed by atoms with E-state index in [0.29, 0.717) is 25.2 Å². The fourth-order valence-electron chi connectivity index (χ4n) is 2.94. The van der Waals surface area contributed by atoms with E-state index >= 15 is 0 Å². The number of rotatable bonds is 5. The average molecular weight is 334 g/mol. The van der Waals surface area contributed by atoms with Crippen molar-refractivity contribution in [3.63, 3.8) is 0 Å². The first-order chi connectivity index (χ1) is 11.6. The molecule has 5 nitrogen and oxygen atoms in total. The second kappa shape index (κ2) is 7.42. The molecule has 1 aromatic carbocycles. The molecule has 2 aromatic rings. The molecular formula is C17H20F2N4O. The van der Waals surface area contributed by atoms with Crippen molar-refractivity contribution in [2.24, 2.45) is 0 Å². The summed E-state index contributed by atoms with van der Waals surface area (Å²) in [5, 5.41) is 7.27. The molecule has 24 heavy (non-hydrogen) atoms. The lowest BCUT2D eigenvalue weighted by Crippen LogP contribution is -2.45. The Morgan fingerprint density at radius 1 is 1.33 bits per heavy atom. The number of carbonyl (C=O) groups is 1. The quantitative estimate of drug-likeness (QED) is 0.914. The topological polar surface area (TPSA) is 50.2 Å². The summed E-state index contributed by atoms with van der Waals surface area (Å²) in [4.78, 5) is 14.2. The molecule has 0 radical (unpaired) electrons. The summed E-state index contributed by atoms with van der Waals surface area (Å²) < 4.78 is 28.0. The van der Waals surface area contributed by atoms with Gasteiger partial charge in [-0.05, 0) is 31.0 Å². The van der Waals surface area contributed by atoms with Crippen molar-refractivity contribution < 1.29 is 13.6 Å². The van der Waals surface area contributed by atoms with Crippen LogP contribution in [0, 0.1) is 11.6 Å². The summed E-state index contributed by atoms with van der Waals surface area (Å²) in [6, 6.07) is 5.63. The molecule has 1 fully saturated rings. The number of likely N-dealkylation sites (tertiary alicyclic amines) is 1. The van der Waals surface area contributed by atoms with Gasteiger partial charge >= 0.3 is 0 Å². The third-order valence-electron chi connectivity index (χ3n) is 4.18. The fourth-order valence-corrected chi connectivity index (χ4v) is 2.94. The van der Waals surface area contributed by atoms with E-state index in [-0.39, 0.29) is 11.9 Å². The molecule has 1 aromatic heterocycles. The van der Waals surface area contributed by atoms with Crippen LogP contribution in [0.2, 0.25) is 0 Å². The number of halogens is 2. The molecular weight excluding hydrogens is 314 g/mol. The van der Waals surface area contributed by atoms with Crippen LogP contribution in [0.25, 0.3) is 0 Å². The highest BCUT2D eigenvalue weighted by Gasteiger charge is 2.23. The predicted octanol–water partition coefficient (Wildman–Crippen LogP) is 2.65. The van der Waals surface area contributed by atoms with Gasteiger partial charge in [0.1, 0.15) is 0 Å². The molecule has 0 spiro atoms. The van der Waals surface area contributed by atoms with Gasteiger partial charge in [-0.3, -0.25) is 9.48 Å². The SMILES string of the molecule is O=C(CCn1cccn1)N1CCCC(Nc2ccc(F)c(F)c2)C1. The summed E-state index contributed by atoms with van der Waals surface area (Å²) in [5.74, 6) is -1.65. The van der Waals surface area contributed by atoms with Crippen LogP contribution in [0.4, 0.5) is 14.5 Å². The van der Waals surface area contributed by atoms with Gasteiger partial charge in [-0.15, -0.1) is 0 Å². The monoisotopic (exact) mass is 334 g/mol. The molecule has 1 N–H and O–H groups in total. The minimum Gasteiger partial charge on any atom is -0.380 e. The summed E-state index contributed by atoms with van der Waals surface area (Å²) in [6.07, 6.45) is 5.69. The number of hydrogen-bond donors (Lipinski definition) is 1. The zero-order chi connectivity index (χ0) is 16.9. The first-order valence-electron chi connectivity index (χ1n) is 8.08. The van der Waals surface area contributed by atoms with Crippen LogP contribution >= 0.6 is 0 Å². The third kappa shape index (κ3) is 4.10. The van der Waals surface area contributed by atoms with Crippen LogP contribution in [0.1, 0.15) is 19.3 Å². The highest BCUT2D eigenvalue weighted by Crippen LogP contribution is 2.19. The maximum absolute atomic E-state index is 13.3. The second-order valence-corrected chi connectivity index (χ2v) is 5.97. The van der Waals surface area contributed by atoms with E-state index in [1.807, 2.05) is 17.2 Å². The van der Waals surface area contributed by atoms with Crippen molar-refractivity contribution in [3.8, 4) is 0 Å². The Morgan fingerprint density at radius 2 is 2.21 bits per heavy atom. The van der Waals surface area contributed by atoms with Crippen molar-refractivity contribution in [2.75, 3.05) is 18.4 Å². The first-order valence-corrected chi connectivity index (χ1v) is 8.08. The molecule has 1 amide bonds. The van der Waals surface area contributed by atoms with E-state index in [1.54, 1.807) is 10.9 Å². The highest BCUT2D eigenvalue weighted by molar-refractivity contribution is 5.76. The Labute approximate surface area is 139 Å². The number of piperidine rings is 1. The number of amides is 1. The zero-order valence-corrected chi connectivity index (χ0v) is 13.3. The van der Waals surface area contributed by atoms with Gasteiger partial charge in [0.05, 0.1) is 0 Å². The number of hydrogen-bond acceptors (Lipinski definition) is 3. The summed E-state index contributed by atoms with van der Waals surface area (Å²) in [7, 11) is 0. The van der Waals surface area contributed by atoms with Crippen LogP contribution in [0.3, 0.4) is 0 Å². The number of benzene rings is 1. The minimum atomic E-state index is -0.872. The van der Waals surface area contributed by atoms with E-state index in [2.05, 4.69) is 10.4 Å². The van der Waals surface area contributed by atoms with Crippen LogP contribution < -0.4 is 5.32 Å². The van der Waals surface area contributed by atoms with Gasteiger partial charge in [-0.2, -0.15) is 5.10 Å². The molecule has 1 aliphatic heterocycles. The molecule has 1 saturated heterocycles. The van der Waals surface area contributed by atoms with Gasteiger partial charge < -0.3 is 10.2 Å². The lowest BCUT2D eigenvalue weighted by molar-refractivity contribution is -0.132. The van der Waals surface area contributed by atoms with E-state index in [1.165, 1.54) is 6.07 Å². The molecule has 7 heteroatoms. The van der Waals surface area contributed by atoms with Crippen molar-refractivity contribution in [1.82, 2.24) is 14.7 Å². The normalized spacial score (nSPS) is 17.8. The van der Waals surface area contributed by atoms with Crippen molar-refractivity contribution in [1.29, 1.82) is 0 Å². The number of aryl methyl sites for hydroxylation is 1. The molecule has 1 unspecified atom stereocenters. The second-order valence-electron chi connectivity index (χ2n) is 5.97. The van der Waals surface area contributed by atoms with Crippen molar-refractivity contribution in [2.45, 2.75) is 31.8 Å². The number of aromatic nitrogens is 2. The molecule has 0 saturated carbocycles. The molecule has 2 heterocycles. The Hall–Kier alpha value is -2.44. The smallest absolute Gasteiger partial charge is 0.224 e. The highest BCUT2D eigenvalue weighted by atomic mass is 19.2. The molecule has 0 bridgehead atoms. The number of carbonyl (C=O) groups excluding carboxylic acids is 1. The average Bonchev–Trinajstić information content (AvgIpc) is 3.10. The lowest BCUT2D eigenvalue weighted by atomic mass is 10.0. The van der Waals surface area contributed by atoms with E-state index in [4.69, 9.17) is 0 Å². The van der Waals surface area contributed by atoms with Crippen LogP contribution in [0.5, 0.6) is 0 Å². The molecule has 3 rings (SSSR count). The predicted molar refractivity (Wildman–Crippen MR) is 86.4 cm³/mol. The van der Waals surface area contributed by atoms with Crippen LogP contribution in [-0.4, -0.2) is 39.7 Å².